The van der Waals surface area contributed by atoms with Gasteiger partial charge in [0.1, 0.15) is 5.78 Å². The Morgan fingerprint density at radius 2 is 2.50 bits per heavy atom. The number of nitrogens with zero attached hydrogens (tertiary/aromatic N) is 3. The molecule has 1 atom stereocenters. The minimum atomic E-state index is -0.298. The van der Waals surface area contributed by atoms with Crippen LogP contribution in [0.3, 0.4) is 0 Å². The van der Waals surface area contributed by atoms with Gasteiger partial charge in [0.15, 0.2) is 5.82 Å². The van der Waals surface area contributed by atoms with Crippen molar-refractivity contribution in [2.45, 2.75) is 25.8 Å². The molecular weight excluding hydrogens is 158 g/mol. The van der Waals surface area contributed by atoms with E-state index < -0.39 is 0 Å². The number of aromatic amines is 1. The number of hydrogen-bond donors (Lipinski definition) is 2. The van der Waals surface area contributed by atoms with E-state index in [4.69, 9.17) is 5.73 Å². The molecule has 1 unspecified atom stereocenters. The van der Waals surface area contributed by atoms with Crippen molar-refractivity contribution in [2.75, 3.05) is 0 Å². The van der Waals surface area contributed by atoms with Crippen LogP contribution in [0.4, 0.5) is 0 Å². The van der Waals surface area contributed by atoms with Crippen molar-refractivity contribution in [3.05, 3.63) is 5.82 Å². The summed E-state index contributed by atoms with van der Waals surface area (Å²) in [4.78, 5) is 10.6. The Bertz CT molecular complexity index is 244. The summed E-state index contributed by atoms with van der Waals surface area (Å²) < 4.78 is 0. The Labute approximate surface area is 69.5 Å². The zero-order valence-corrected chi connectivity index (χ0v) is 6.82. The second-order valence-corrected chi connectivity index (χ2v) is 2.62. The molecule has 0 amide bonds. The molecule has 1 heterocycles. The van der Waals surface area contributed by atoms with Gasteiger partial charge >= 0.3 is 0 Å². The highest BCUT2D eigenvalue weighted by Gasteiger charge is 2.10. The number of nitrogens with two attached hydrogens (primary N) is 1. The van der Waals surface area contributed by atoms with Crippen LogP contribution in [0, 0.1) is 0 Å². The van der Waals surface area contributed by atoms with Gasteiger partial charge in [-0.25, -0.2) is 0 Å². The molecule has 0 aliphatic rings. The number of carbonyl (C=O) groups excluding carboxylic acids is 1. The smallest absolute Gasteiger partial charge is 0.191 e. The van der Waals surface area contributed by atoms with Gasteiger partial charge < -0.3 is 10.5 Å². The molecule has 6 nitrogen and oxygen atoms in total. The van der Waals surface area contributed by atoms with Crippen molar-refractivity contribution in [3.63, 3.8) is 0 Å². The molecular formula is C6H11N5O. The standard InChI is InChI=1S/C6H11N5O/c1-4(12)2-3-5(7)6-8-10-11-9-6/h5H,2-3,7H2,1H3,(H,8,9,10,11). The van der Waals surface area contributed by atoms with E-state index in [-0.39, 0.29) is 11.8 Å². The maximum Gasteiger partial charge on any atom is 0.191 e. The lowest BCUT2D eigenvalue weighted by Crippen LogP contribution is -2.13. The highest BCUT2D eigenvalue weighted by Crippen LogP contribution is 2.08. The number of H-pyrrole nitrogens is 1. The molecule has 1 aromatic heterocycles. The van der Waals surface area contributed by atoms with Crippen molar-refractivity contribution in [1.29, 1.82) is 0 Å². The summed E-state index contributed by atoms with van der Waals surface area (Å²) in [6.45, 7) is 1.53. The summed E-state index contributed by atoms with van der Waals surface area (Å²) in [7, 11) is 0. The van der Waals surface area contributed by atoms with Gasteiger partial charge in [-0.1, -0.05) is 5.21 Å². The van der Waals surface area contributed by atoms with Gasteiger partial charge in [0.05, 0.1) is 6.04 Å². The largest absolute Gasteiger partial charge is 0.321 e. The quantitative estimate of drug-likeness (QED) is 0.637. The molecule has 0 fully saturated rings. The molecule has 0 saturated carbocycles. The molecule has 3 N–H and O–H groups in total. The SMILES string of the molecule is CC(=O)CCC(N)c1nn[nH]n1. The third-order valence-corrected chi connectivity index (χ3v) is 1.50. The van der Waals surface area contributed by atoms with Gasteiger partial charge in [-0.3, -0.25) is 0 Å². The van der Waals surface area contributed by atoms with E-state index in [1.165, 1.54) is 6.92 Å². The van der Waals surface area contributed by atoms with Gasteiger partial charge in [0.2, 0.25) is 0 Å². The Balaban J connectivity index is 2.39. The van der Waals surface area contributed by atoms with Gasteiger partial charge in [-0.05, 0) is 13.3 Å². The van der Waals surface area contributed by atoms with Crippen molar-refractivity contribution in [3.8, 4) is 0 Å². The second-order valence-electron chi connectivity index (χ2n) is 2.62. The zero-order chi connectivity index (χ0) is 8.97. The topological polar surface area (TPSA) is 97.5 Å². The predicted molar refractivity (Wildman–Crippen MR) is 41.0 cm³/mol. The summed E-state index contributed by atoms with van der Waals surface area (Å²) >= 11 is 0. The Kier molecular flexibility index (Phi) is 2.87. The van der Waals surface area contributed by atoms with Crippen LogP contribution in [-0.4, -0.2) is 26.4 Å². The number of hydrogen-bond acceptors (Lipinski definition) is 5. The number of nitrogens with one attached hydrogen (secondary N) is 1. The van der Waals surface area contributed by atoms with E-state index in [1.54, 1.807) is 0 Å². The molecule has 0 aromatic carbocycles. The van der Waals surface area contributed by atoms with Gasteiger partial charge in [-0.15, -0.1) is 10.2 Å². The third kappa shape index (κ3) is 2.39. The minimum Gasteiger partial charge on any atom is -0.321 e. The van der Waals surface area contributed by atoms with Crippen molar-refractivity contribution < 1.29 is 4.79 Å². The Morgan fingerprint density at radius 1 is 1.75 bits per heavy atom. The van der Waals surface area contributed by atoms with Crippen LogP contribution in [-0.2, 0) is 4.79 Å². The molecule has 66 valence electrons. The van der Waals surface area contributed by atoms with Crippen LogP contribution >= 0.6 is 0 Å². The normalized spacial score (nSPS) is 12.8. The highest BCUT2D eigenvalue weighted by molar-refractivity contribution is 5.75. The maximum atomic E-state index is 10.6. The van der Waals surface area contributed by atoms with Crippen molar-refractivity contribution in [2.24, 2.45) is 5.73 Å². The monoisotopic (exact) mass is 169 g/mol. The molecule has 1 aromatic rings. The van der Waals surface area contributed by atoms with E-state index >= 15 is 0 Å². The van der Waals surface area contributed by atoms with E-state index in [1.807, 2.05) is 0 Å². The lowest BCUT2D eigenvalue weighted by molar-refractivity contribution is -0.117. The fourth-order valence-corrected chi connectivity index (χ4v) is 0.814. The zero-order valence-electron chi connectivity index (χ0n) is 6.82. The lowest BCUT2D eigenvalue weighted by Gasteiger charge is -2.03. The van der Waals surface area contributed by atoms with E-state index in [2.05, 4.69) is 20.6 Å². The first-order valence-electron chi connectivity index (χ1n) is 3.68. The molecule has 12 heavy (non-hydrogen) atoms. The first kappa shape index (κ1) is 8.79. The van der Waals surface area contributed by atoms with Crippen molar-refractivity contribution >= 4 is 5.78 Å². The fourth-order valence-electron chi connectivity index (χ4n) is 0.814. The maximum absolute atomic E-state index is 10.6. The predicted octanol–water partition coefficient (Wildman–Crippen LogP) is -0.431. The van der Waals surface area contributed by atoms with Gasteiger partial charge in [0.25, 0.3) is 0 Å². The lowest BCUT2D eigenvalue weighted by atomic mass is 10.1. The van der Waals surface area contributed by atoms with Crippen LogP contribution in [0.5, 0.6) is 0 Å². The van der Waals surface area contributed by atoms with Crippen LogP contribution in [0.1, 0.15) is 31.6 Å². The number of tetrazole rings is 1. The number of Topliss-reactive ketones (excluding diaryl/α,β-unsaturated/α-hetero) is 1. The summed E-state index contributed by atoms with van der Waals surface area (Å²) in [5.74, 6) is 0.574. The number of rotatable bonds is 4. The van der Waals surface area contributed by atoms with E-state index in [0.29, 0.717) is 18.7 Å². The number of carbonyl (C=O) groups is 1. The molecule has 0 spiro atoms. The van der Waals surface area contributed by atoms with Crippen LogP contribution in [0.15, 0.2) is 0 Å². The average Bonchev–Trinajstić information content (AvgIpc) is 2.51. The summed E-state index contributed by atoms with van der Waals surface area (Å²) in [5.41, 5.74) is 5.65. The van der Waals surface area contributed by atoms with Crippen LogP contribution in [0.25, 0.3) is 0 Å². The third-order valence-electron chi connectivity index (χ3n) is 1.50. The minimum absolute atomic E-state index is 0.119. The summed E-state index contributed by atoms with van der Waals surface area (Å²) in [6, 6.07) is -0.298. The van der Waals surface area contributed by atoms with Crippen LogP contribution in [0.2, 0.25) is 0 Å². The molecule has 1 rings (SSSR count). The Hall–Kier alpha value is -1.30. The molecule has 0 bridgehead atoms. The second kappa shape index (κ2) is 3.91. The van der Waals surface area contributed by atoms with Gasteiger partial charge in [0, 0.05) is 6.42 Å². The molecule has 6 heteroatoms. The number of ketones is 1. The number of aromatic nitrogens is 4. The summed E-state index contributed by atoms with van der Waals surface area (Å²) in [5, 5.41) is 13.1. The summed E-state index contributed by atoms with van der Waals surface area (Å²) in [6.07, 6.45) is 1.02. The van der Waals surface area contributed by atoms with Gasteiger partial charge in [-0.2, -0.15) is 5.21 Å². The average molecular weight is 169 g/mol. The van der Waals surface area contributed by atoms with E-state index in [0.717, 1.165) is 0 Å². The first-order valence-corrected chi connectivity index (χ1v) is 3.68. The van der Waals surface area contributed by atoms with E-state index in [9.17, 15) is 4.79 Å². The fraction of sp³-hybridized carbons (Fsp3) is 0.667. The van der Waals surface area contributed by atoms with Crippen LogP contribution < -0.4 is 5.73 Å². The molecule has 0 aliphatic heterocycles. The molecule has 0 radical (unpaired) electrons. The Morgan fingerprint density at radius 3 is 3.00 bits per heavy atom. The molecule has 0 saturated heterocycles. The first-order chi connectivity index (χ1) is 5.70. The highest BCUT2D eigenvalue weighted by atomic mass is 16.1. The molecule has 0 aliphatic carbocycles. The van der Waals surface area contributed by atoms with Crippen molar-refractivity contribution in [1.82, 2.24) is 20.6 Å².